The number of fused-ring (bicyclic) bond motifs is 1. The van der Waals surface area contributed by atoms with E-state index in [0.29, 0.717) is 33.9 Å². The molecule has 1 N–H and O–H groups in total. The molecule has 0 spiro atoms. The van der Waals surface area contributed by atoms with E-state index in [0.717, 1.165) is 12.0 Å². The van der Waals surface area contributed by atoms with E-state index < -0.39 is 10.0 Å². The molecule has 1 heterocycles. The lowest BCUT2D eigenvalue weighted by atomic mass is 10.2. The van der Waals surface area contributed by atoms with Gasteiger partial charge >= 0.3 is 0 Å². The van der Waals surface area contributed by atoms with Gasteiger partial charge in [0.15, 0.2) is 0 Å². The van der Waals surface area contributed by atoms with Crippen LogP contribution in [0.25, 0.3) is 16.6 Å². The minimum atomic E-state index is -3.79. The smallest absolute Gasteiger partial charge is 0.266 e. The number of hydrogen-bond acceptors (Lipinski definition) is 5. The number of sulfonamides is 1. The summed E-state index contributed by atoms with van der Waals surface area (Å²) in [6, 6.07) is 18.5. The standard InChI is InChI=1S/C24H23N3O4S/c1-4-17-5-12-21(13-6-17)32(29,30)26-18-7-14-23-22(15-18)24(28)27(16(2)25-23)19-8-10-20(31-3)11-9-19/h5-15,26H,4H2,1-3H3. The number of rotatable bonds is 6. The number of benzene rings is 3. The third-order valence-corrected chi connectivity index (χ3v) is 6.66. The minimum Gasteiger partial charge on any atom is -0.497 e. The van der Waals surface area contributed by atoms with E-state index in [9.17, 15) is 13.2 Å². The molecule has 164 valence electrons. The van der Waals surface area contributed by atoms with Crippen LogP contribution in [0.4, 0.5) is 5.69 Å². The van der Waals surface area contributed by atoms with Gasteiger partial charge in [0.2, 0.25) is 0 Å². The Morgan fingerprint density at radius 1 is 1.00 bits per heavy atom. The Balaban J connectivity index is 1.75. The number of anilines is 1. The summed E-state index contributed by atoms with van der Waals surface area (Å²) in [7, 11) is -2.22. The maximum atomic E-state index is 13.3. The van der Waals surface area contributed by atoms with Gasteiger partial charge in [-0.1, -0.05) is 19.1 Å². The summed E-state index contributed by atoms with van der Waals surface area (Å²) in [6.45, 7) is 3.76. The van der Waals surface area contributed by atoms with Crippen LogP contribution < -0.4 is 15.0 Å². The van der Waals surface area contributed by atoms with Crippen molar-refractivity contribution < 1.29 is 13.2 Å². The maximum absolute atomic E-state index is 13.3. The van der Waals surface area contributed by atoms with Gasteiger partial charge in [-0.25, -0.2) is 13.4 Å². The molecule has 4 aromatic rings. The van der Waals surface area contributed by atoms with E-state index in [1.54, 1.807) is 74.7 Å². The summed E-state index contributed by atoms with van der Waals surface area (Å²) in [4.78, 5) is 18.0. The zero-order valence-corrected chi connectivity index (χ0v) is 18.8. The second kappa shape index (κ2) is 8.47. The molecule has 8 heteroatoms. The highest BCUT2D eigenvalue weighted by Gasteiger charge is 2.16. The normalized spacial score (nSPS) is 11.5. The van der Waals surface area contributed by atoms with Crippen molar-refractivity contribution in [1.82, 2.24) is 9.55 Å². The fourth-order valence-electron chi connectivity index (χ4n) is 3.51. The molecule has 0 bridgehead atoms. The van der Waals surface area contributed by atoms with Crippen LogP contribution in [0.2, 0.25) is 0 Å². The molecule has 0 radical (unpaired) electrons. The Labute approximate surface area is 186 Å². The molecule has 0 saturated carbocycles. The third kappa shape index (κ3) is 4.09. The lowest BCUT2D eigenvalue weighted by Gasteiger charge is -2.13. The van der Waals surface area contributed by atoms with E-state index in [2.05, 4.69) is 9.71 Å². The lowest BCUT2D eigenvalue weighted by Crippen LogP contribution is -2.22. The molecule has 0 atom stereocenters. The molecule has 0 aliphatic heterocycles. The first-order chi connectivity index (χ1) is 15.3. The van der Waals surface area contributed by atoms with Gasteiger partial charge in [0, 0.05) is 5.69 Å². The van der Waals surface area contributed by atoms with Crippen molar-refractivity contribution in [2.24, 2.45) is 0 Å². The van der Waals surface area contributed by atoms with Gasteiger partial charge in [-0.15, -0.1) is 0 Å². The molecule has 0 aliphatic carbocycles. The van der Waals surface area contributed by atoms with Gasteiger partial charge in [0.25, 0.3) is 15.6 Å². The third-order valence-electron chi connectivity index (χ3n) is 5.26. The maximum Gasteiger partial charge on any atom is 0.266 e. The summed E-state index contributed by atoms with van der Waals surface area (Å²) in [5.74, 6) is 1.20. The number of nitrogens with one attached hydrogen (secondary N) is 1. The second-order valence-electron chi connectivity index (χ2n) is 7.33. The summed E-state index contributed by atoms with van der Waals surface area (Å²) in [5.41, 5.74) is 2.19. The zero-order chi connectivity index (χ0) is 22.9. The van der Waals surface area contributed by atoms with Crippen molar-refractivity contribution in [3.05, 3.63) is 88.5 Å². The fourth-order valence-corrected chi connectivity index (χ4v) is 4.56. The summed E-state index contributed by atoms with van der Waals surface area (Å²) < 4.78 is 34.8. The highest BCUT2D eigenvalue weighted by Crippen LogP contribution is 2.21. The average molecular weight is 450 g/mol. The van der Waals surface area contributed by atoms with E-state index >= 15 is 0 Å². The molecule has 4 rings (SSSR count). The van der Waals surface area contributed by atoms with Crippen molar-refractivity contribution >= 4 is 26.6 Å². The van der Waals surface area contributed by atoms with E-state index in [4.69, 9.17) is 4.74 Å². The molecule has 1 aromatic heterocycles. The van der Waals surface area contributed by atoms with Crippen molar-refractivity contribution in [3.8, 4) is 11.4 Å². The molecule has 0 amide bonds. The second-order valence-corrected chi connectivity index (χ2v) is 9.01. The Hall–Kier alpha value is -3.65. The van der Waals surface area contributed by atoms with Crippen LogP contribution in [0, 0.1) is 6.92 Å². The van der Waals surface area contributed by atoms with Crippen LogP contribution in [0.3, 0.4) is 0 Å². The van der Waals surface area contributed by atoms with Crippen molar-refractivity contribution in [1.29, 1.82) is 0 Å². The van der Waals surface area contributed by atoms with Crippen molar-refractivity contribution in [2.45, 2.75) is 25.2 Å². The minimum absolute atomic E-state index is 0.160. The Morgan fingerprint density at radius 2 is 1.69 bits per heavy atom. The lowest BCUT2D eigenvalue weighted by molar-refractivity contribution is 0.414. The fraction of sp³-hybridized carbons (Fsp3) is 0.167. The Bertz CT molecular complexity index is 1440. The quantitative estimate of drug-likeness (QED) is 0.479. The van der Waals surface area contributed by atoms with Crippen molar-refractivity contribution in [3.63, 3.8) is 0 Å². The Kier molecular flexibility index (Phi) is 5.71. The SMILES string of the molecule is CCc1ccc(S(=O)(=O)Nc2ccc3nc(C)n(-c4ccc(OC)cc4)c(=O)c3c2)cc1. The molecular weight excluding hydrogens is 426 g/mol. The van der Waals surface area contributed by atoms with Crippen LogP contribution in [0.1, 0.15) is 18.3 Å². The van der Waals surface area contributed by atoms with Crippen LogP contribution in [-0.4, -0.2) is 25.1 Å². The number of aryl methyl sites for hydroxylation is 2. The van der Waals surface area contributed by atoms with Crippen LogP contribution in [0.15, 0.2) is 76.4 Å². The summed E-state index contributed by atoms with van der Waals surface area (Å²) >= 11 is 0. The molecular formula is C24H23N3O4S. The molecule has 0 unspecified atom stereocenters. The number of hydrogen-bond donors (Lipinski definition) is 1. The van der Waals surface area contributed by atoms with E-state index in [1.165, 1.54) is 10.6 Å². The number of methoxy groups -OCH3 is 1. The van der Waals surface area contributed by atoms with E-state index in [1.807, 2.05) is 6.92 Å². The highest BCUT2D eigenvalue weighted by atomic mass is 32.2. The average Bonchev–Trinajstić information content (AvgIpc) is 2.80. The van der Waals surface area contributed by atoms with Crippen molar-refractivity contribution in [2.75, 3.05) is 11.8 Å². The van der Waals surface area contributed by atoms with E-state index in [-0.39, 0.29) is 10.5 Å². The predicted molar refractivity (Wildman–Crippen MR) is 125 cm³/mol. The van der Waals surface area contributed by atoms with Crippen LogP contribution >= 0.6 is 0 Å². The summed E-state index contributed by atoms with van der Waals surface area (Å²) in [5, 5.41) is 0.313. The van der Waals surface area contributed by atoms with Crippen LogP contribution in [0.5, 0.6) is 5.75 Å². The first kappa shape index (κ1) is 21.6. The zero-order valence-electron chi connectivity index (χ0n) is 18.0. The van der Waals surface area contributed by atoms with Gasteiger partial charge < -0.3 is 4.74 Å². The number of aromatic nitrogens is 2. The van der Waals surface area contributed by atoms with Gasteiger partial charge in [-0.05, 0) is 73.5 Å². The van der Waals surface area contributed by atoms with Gasteiger partial charge in [0.05, 0.1) is 28.6 Å². The summed E-state index contributed by atoms with van der Waals surface area (Å²) in [6.07, 6.45) is 0.825. The number of ether oxygens (including phenoxy) is 1. The van der Waals surface area contributed by atoms with Gasteiger partial charge in [-0.3, -0.25) is 14.1 Å². The van der Waals surface area contributed by atoms with Crippen LogP contribution in [-0.2, 0) is 16.4 Å². The first-order valence-corrected chi connectivity index (χ1v) is 11.6. The van der Waals surface area contributed by atoms with Gasteiger partial charge in [0.1, 0.15) is 11.6 Å². The topological polar surface area (TPSA) is 90.3 Å². The predicted octanol–water partition coefficient (Wildman–Crippen LogP) is 4.07. The van der Waals surface area contributed by atoms with Gasteiger partial charge in [-0.2, -0.15) is 0 Å². The monoisotopic (exact) mass is 449 g/mol. The first-order valence-electron chi connectivity index (χ1n) is 10.1. The Morgan fingerprint density at radius 3 is 2.31 bits per heavy atom. The molecule has 3 aromatic carbocycles. The molecule has 0 fully saturated rings. The number of nitrogens with zero attached hydrogens (tertiary/aromatic N) is 2. The largest absolute Gasteiger partial charge is 0.497 e. The molecule has 32 heavy (non-hydrogen) atoms. The highest BCUT2D eigenvalue weighted by molar-refractivity contribution is 7.92. The molecule has 0 aliphatic rings. The molecule has 0 saturated heterocycles. The molecule has 7 nitrogen and oxygen atoms in total.